The summed E-state index contributed by atoms with van der Waals surface area (Å²) in [6.45, 7) is 0.550. The topological polar surface area (TPSA) is 43.8 Å². The van der Waals surface area contributed by atoms with Gasteiger partial charge in [0.25, 0.3) is 0 Å². The van der Waals surface area contributed by atoms with E-state index in [-0.39, 0.29) is 11.4 Å². The molecule has 1 fully saturated rings. The van der Waals surface area contributed by atoms with Crippen LogP contribution in [-0.4, -0.2) is 16.3 Å². The Balaban J connectivity index is 2.30. The fourth-order valence-electron chi connectivity index (χ4n) is 2.12. The number of aromatic nitrogens is 2. The highest BCUT2D eigenvalue weighted by molar-refractivity contribution is 4.96. The maximum absolute atomic E-state index is 12.8. The van der Waals surface area contributed by atoms with Crippen LogP contribution in [0.15, 0.2) is 12.4 Å². The summed E-state index contributed by atoms with van der Waals surface area (Å²) in [5, 5.41) is 4.00. The first-order valence-electron chi connectivity index (χ1n) is 4.68. The van der Waals surface area contributed by atoms with Gasteiger partial charge in [-0.3, -0.25) is 4.68 Å². The highest BCUT2D eigenvalue weighted by Gasteiger charge is 2.35. The van der Waals surface area contributed by atoms with Crippen molar-refractivity contribution in [3.05, 3.63) is 18.2 Å². The van der Waals surface area contributed by atoms with Crippen LogP contribution >= 0.6 is 0 Å². The van der Waals surface area contributed by atoms with Crippen LogP contribution in [0, 0.1) is 5.82 Å². The first kappa shape index (κ1) is 8.69. The van der Waals surface area contributed by atoms with Crippen LogP contribution < -0.4 is 5.73 Å². The van der Waals surface area contributed by atoms with E-state index < -0.39 is 0 Å². The third-order valence-corrected chi connectivity index (χ3v) is 2.95. The lowest BCUT2D eigenvalue weighted by atomic mass is 9.98. The summed E-state index contributed by atoms with van der Waals surface area (Å²) < 4.78 is 14.5. The lowest BCUT2D eigenvalue weighted by molar-refractivity contribution is 0.272. The van der Waals surface area contributed by atoms with Crippen LogP contribution in [0.1, 0.15) is 25.7 Å². The fraction of sp³-hybridized carbons (Fsp3) is 0.667. The molecule has 0 radical (unpaired) electrons. The molecule has 0 spiro atoms. The molecule has 1 aromatic rings. The number of rotatable bonds is 2. The monoisotopic (exact) mass is 183 g/mol. The van der Waals surface area contributed by atoms with Crippen LogP contribution in [-0.2, 0) is 5.54 Å². The minimum absolute atomic E-state index is 0.107. The molecular formula is C9H14FN3. The van der Waals surface area contributed by atoms with E-state index in [1.807, 2.05) is 0 Å². The third-order valence-electron chi connectivity index (χ3n) is 2.95. The van der Waals surface area contributed by atoms with Gasteiger partial charge in [-0.1, -0.05) is 12.8 Å². The predicted molar refractivity (Wildman–Crippen MR) is 47.7 cm³/mol. The minimum atomic E-state index is -0.278. The van der Waals surface area contributed by atoms with Crippen molar-refractivity contribution >= 4 is 0 Å². The number of hydrogen-bond acceptors (Lipinski definition) is 2. The van der Waals surface area contributed by atoms with E-state index >= 15 is 0 Å². The molecule has 3 nitrogen and oxygen atoms in total. The molecule has 0 aliphatic heterocycles. The Bertz CT molecular complexity index is 289. The van der Waals surface area contributed by atoms with Crippen molar-refractivity contribution in [2.45, 2.75) is 31.2 Å². The van der Waals surface area contributed by atoms with Gasteiger partial charge in [0, 0.05) is 6.54 Å². The van der Waals surface area contributed by atoms with E-state index in [1.54, 1.807) is 4.68 Å². The van der Waals surface area contributed by atoms with Gasteiger partial charge in [-0.05, 0) is 12.8 Å². The summed E-state index contributed by atoms with van der Waals surface area (Å²) in [4.78, 5) is 0. The molecule has 1 aliphatic rings. The summed E-state index contributed by atoms with van der Waals surface area (Å²) in [6, 6.07) is 0. The van der Waals surface area contributed by atoms with Gasteiger partial charge in [-0.15, -0.1) is 0 Å². The van der Waals surface area contributed by atoms with Gasteiger partial charge >= 0.3 is 0 Å². The van der Waals surface area contributed by atoms with E-state index in [9.17, 15) is 4.39 Å². The lowest BCUT2D eigenvalue weighted by Gasteiger charge is -2.27. The van der Waals surface area contributed by atoms with Crippen LogP contribution in [0.4, 0.5) is 4.39 Å². The quantitative estimate of drug-likeness (QED) is 0.750. The molecule has 0 unspecified atom stereocenters. The van der Waals surface area contributed by atoms with Crippen molar-refractivity contribution in [3.8, 4) is 0 Å². The zero-order valence-corrected chi connectivity index (χ0v) is 7.54. The van der Waals surface area contributed by atoms with Gasteiger partial charge in [-0.2, -0.15) is 5.10 Å². The van der Waals surface area contributed by atoms with E-state index in [4.69, 9.17) is 5.73 Å². The Morgan fingerprint density at radius 1 is 1.54 bits per heavy atom. The Labute approximate surface area is 76.7 Å². The molecule has 2 N–H and O–H groups in total. The Hall–Kier alpha value is -0.900. The van der Waals surface area contributed by atoms with Gasteiger partial charge in [0.1, 0.15) is 0 Å². The largest absolute Gasteiger partial charge is 0.328 e. The van der Waals surface area contributed by atoms with Crippen LogP contribution in [0.3, 0.4) is 0 Å². The average molecular weight is 183 g/mol. The number of nitrogens with two attached hydrogens (primary N) is 1. The molecule has 1 aliphatic carbocycles. The highest BCUT2D eigenvalue weighted by atomic mass is 19.1. The Kier molecular flexibility index (Phi) is 2.07. The van der Waals surface area contributed by atoms with Gasteiger partial charge < -0.3 is 5.73 Å². The number of halogens is 1. The van der Waals surface area contributed by atoms with Gasteiger partial charge in [0.2, 0.25) is 0 Å². The predicted octanol–water partition coefficient (Wildman–Crippen LogP) is 1.25. The van der Waals surface area contributed by atoms with Gasteiger partial charge in [0.05, 0.1) is 17.9 Å². The zero-order chi connectivity index (χ0) is 9.31. The molecule has 1 saturated carbocycles. The van der Waals surface area contributed by atoms with E-state index in [0.29, 0.717) is 6.54 Å². The van der Waals surface area contributed by atoms with E-state index in [2.05, 4.69) is 5.10 Å². The maximum Gasteiger partial charge on any atom is 0.161 e. The van der Waals surface area contributed by atoms with Crippen molar-refractivity contribution in [1.29, 1.82) is 0 Å². The molecule has 0 saturated heterocycles. The molecule has 13 heavy (non-hydrogen) atoms. The third kappa shape index (κ3) is 1.35. The minimum Gasteiger partial charge on any atom is -0.328 e. The Morgan fingerprint density at radius 2 is 2.23 bits per heavy atom. The smallest absolute Gasteiger partial charge is 0.161 e. The molecular weight excluding hydrogens is 169 g/mol. The summed E-state index contributed by atoms with van der Waals surface area (Å²) in [6.07, 6.45) is 7.06. The molecule has 72 valence electrons. The molecule has 4 heteroatoms. The van der Waals surface area contributed by atoms with Crippen molar-refractivity contribution in [2.24, 2.45) is 5.73 Å². The first-order valence-corrected chi connectivity index (χ1v) is 4.68. The number of hydrogen-bond donors (Lipinski definition) is 1. The van der Waals surface area contributed by atoms with Gasteiger partial charge in [-0.25, -0.2) is 4.39 Å². The summed E-state index contributed by atoms with van der Waals surface area (Å²) in [7, 11) is 0. The van der Waals surface area contributed by atoms with Crippen LogP contribution in [0.5, 0.6) is 0 Å². The second kappa shape index (κ2) is 3.10. The van der Waals surface area contributed by atoms with Crippen LogP contribution in [0.2, 0.25) is 0 Å². The molecule has 1 aromatic heterocycles. The Morgan fingerprint density at radius 3 is 2.69 bits per heavy atom. The summed E-state index contributed by atoms with van der Waals surface area (Å²) in [5.41, 5.74) is 5.62. The van der Waals surface area contributed by atoms with E-state index in [0.717, 1.165) is 12.8 Å². The molecule has 0 bridgehead atoms. The van der Waals surface area contributed by atoms with Crippen molar-refractivity contribution in [1.82, 2.24) is 9.78 Å². The lowest BCUT2D eigenvalue weighted by Crippen LogP contribution is -2.38. The molecule has 0 aromatic carbocycles. The van der Waals surface area contributed by atoms with Gasteiger partial charge in [0.15, 0.2) is 5.82 Å². The molecule has 0 atom stereocenters. The molecule has 1 heterocycles. The molecule has 2 rings (SSSR count). The average Bonchev–Trinajstić information content (AvgIpc) is 2.73. The van der Waals surface area contributed by atoms with Crippen molar-refractivity contribution in [2.75, 3.05) is 6.54 Å². The number of nitrogens with zero attached hydrogens (tertiary/aromatic N) is 2. The van der Waals surface area contributed by atoms with Crippen LogP contribution in [0.25, 0.3) is 0 Å². The SMILES string of the molecule is NCC1(n2cc(F)cn2)CCCC1. The maximum atomic E-state index is 12.8. The van der Waals surface area contributed by atoms with Crippen molar-refractivity contribution in [3.63, 3.8) is 0 Å². The summed E-state index contributed by atoms with van der Waals surface area (Å²) >= 11 is 0. The second-order valence-corrected chi connectivity index (χ2v) is 3.74. The standard InChI is InChI=1S/C9H14FN3/c10-8-5-12-13(6-8)9(7-11)3-1-2-4-9/h5-6H,1-4,7,11H2. The normalized spacial score (nSPS) is 20.8. The van der Waals surface area contributed by atoms with E-state index in [1.165, 1.54) is 25.2 Å². The van der Waals surface area contributed by atoms with Crippen molar-refractivity contribution < 1.29 is 4.39 Å². The molecule has 0 amide bonds. The highest BCUT2D eigenvalue weighted by Crippen LogP contribution is 2.35. The summed E-state index contributed by atoms with van der Waals surface area (Å²) in [5.74, 6) is -0.278. The fourth-order valence-corrected chi connectivity index (χ4v) is 2.12. The second-order valence-electron chi connectivity index (χ2n) is 3.74. The first-order chi connectivity index (χ1) is 6.27. The zero-order valence-electron chi connectivity index (χ0n) is 7.54.